The molecular weight excluding hydrogens is 330 g/mol. The number of hydrogen-bond acceptors (Lipinski definition) is 1. The highest BCUT2D eigenvalue weighted by molar-refractivity contribution is 6.24. The predicted octanol–water partition coefficient (Wildman–Crippen LogP) is 6.42. The number of benzene rings is 3. The maximum Gasteiger partial charge on any atom is 0.0861 e. The molecule has 3 rings (SSSR count). The Morgan fingerprint density at radius 2 is 1.36 bits per heavy atom. The first-order valence-corrected chi connectivity index (χ1v) is 8.49. The molecule has 3 aromatic rings. The van der Waals surface area contributed by atoms with E-state index in [0.717, 1.165) is 16.7 Å². The fraction of sp³-hybridized carbons (Fsp3) is 0.143. The third-order valence-corrected chi connectivity index (χ3v) is 4.83. The maximum atomic E-state index is 9.17. The standard InChI is InChI=1S/C21H18ClN3/c22-21(19-14-8-3-9-15-19,16-17-10-4-1-5-11-17)20(24-25-23)18-12-6-2-7-13-18/h1-15,20H,16H2/t20-,21-/m1/s1. The summed E-state index contributed by atoms with van der Waals surface area (Å²) in [4.78, 5) is 2.21. The van der Waals surface area contributed by atoms with Crippen molar-refractivity contribution in [3.8, 4) is 0 Å². The number of alkyl halides is 1. The summed E-state index contributed by atoms with van der Waals surface area (Å²) >= 11 is 7.21. The molecular formula is C21H18ClN3. The lowest BCUT2D eigenvalue weighted by Crippen LogP contribution is -2.29. The van der Waals surface area contributed by atoms with E-state index in [2.05, 4.69) is 10.0 Å². The number of nitrogens with zero attached hydrogens (tertiary/aromatic N) is 3. The number of hydrogen-bond donors (Lipinski definition) is 0. The summed E-state index contributed by atoms with van der Waals surface area (Å²) in [7, 11) is 0. The second kappa shape index (κ2) is 7.89. The molecule has 0 aromatic heterocycles. The molecule has 0 aliphatic heterocycles. The van der Waals surface area contributed by atoms with E-state index in [4.69, 9.17) is 11.6 Å². The predicted molar refractivity (Wildman–Crippen MR) is 102 cm³/mol. The second-order valence-electron chi connectivity index (χ2n) is 5.91. The van der Waals surface area contributed by atoms with E-state index in [1.165, 1.54) is 0 Å². The summed E-state index contributed by atoms with van der Waals surface area (Å²) in [5, 5.41) is 4.09. The monoisotopic (exact) mass is 347 g/mol. The van der Waals surface area contributed by atoms with E-state index in [1.54, 1.807) is 0 Å². The summed E-state index contributed by atoms with van der Waals surface area (Å²) in [6.07, 6.45) is 0.554. The Kier molecular flexibility index (Phi) is 5.39. The van der Waals surface area contributed by atoms with Crippen molar-refractivity contribution in [3.05, 3.63) is 118 Å². The van der Waals surface area contributed by atoms with E-state index in [-0.39, 0.29) is 0 Å². The molecule has 0 fully saturated rings. The van der Waals surface area contributed by atoms with Gasteiger partial charge in [0.15, 0.2) is 0 Å². The van der Waals surface area contributed by atoms with Crippen LogP contribution in [0.2, 0.25) is 0 Å². The number of halogens is 1. The van der Waals surface area contributed by atoms with Gasteiger partial charge >= 0.3 is 0 Å². The van der Waals surface area contributed by atoms with Crippen molar-refractivity contribution in [2.45, 2.75) is 17.3 Å². The SMILES string of the molecule is [N-]=[N+]=N[C@H](c1ccccc1)[C@@](Cl)(Cc1ccccc1)c1ccccc1. The lowest BCUT2D eigenvalue weighted by molar-refractivity contribution is 0.485. The fourth-order valence-corrected chi connectivity index (χ4v) is 3.52. The Morgan fingerprint density at radius 3 is 1.92 bits per heavy atom. The molecule has 0 saturated heterocycles. The molecule has 0 saturated carbocycles. The van der Waals surface area contributed by atoms with Crippen LogP contribution in [0.4, 0.5) is 0 Å². The topological polar surface area (TPSA) is 48.8 Å². The van der Waals surface area contributed by atoms with Crippen molar-refractivity contribution in [1.29, 1.82) is 0 Å². The minimum Gasteiger partial charge on any atom is -0.113 e. The zero-order valence-electron chi connectivity index (χ0n) is 13.7. The Bertz CT molecular complexity index is 846. The molecule has 3 aromatic carbocycles. The molecule has 4 heteroatoms. The lowest BCUT2D eigenvalue weighted by Gasteiger charge is -2.34. The third kappa shape index (κ3) is 3.85. The average molecular weight is 348 g/mol. The molecule has 2 atom stereocenters. The highest BCUT2D eigenvalue weighted by atomic mass is 35.5. The smallest absolute Gasteiger partial charge is 0.0861 e. The van der Waals surface area contributed by atoms with Gasteiger partial charge in [-0.3, -0.25) is 0 Å². The molecule has 0 N–H and O–H groups in total. The summed E-state index contributed by atoms with van der Waals surface area (Å²) in [6, 6.07) is 29.0. The average Bonchev–Trinajstić information content (AvgIpc) is 2.68. The Labute approximate surface area is 152 Å². The summed E-state index contributed by atoms with van der Waals surface area (Å²) in [5.41, 5.74) is 12.1. The van der Waals surface area contributed by atoms with E-state index < -0.39 is 10.9 Å². The number of rotatable bonds is 6. The Hall–Kier alpha value is -2.74. The fourth-order valence-electron chi connectivity index (χ4n) is 3.07. The molecule has 0 unspecified atom stereocenters. The minimum atomic E-state index is -0.879. The minimum absolute atomic E-state index is 0.525. The summed E-state index contributed by atoms with van der Waals surface area (Å²) in [6.45, 7) is 0. The maximum absolute atomic E-state index is 9.17. The molecule has 0 heterocycles. The van der Waals surface area contributed by atoms with Crippen LogP contribution in [0, 0.1) is 0 Å². The molecule has 0 aliphatic carbocycles. The quantitative estimate of drug-likeness (QED) is 0.214. The first-order valence-electron chi connectivity index (χ1n) is 8.11. The van der Waals surface area contributed by atoms with Crippen molar-refractivity contribution in [3.63, 3.8) is 0 Å². The lowest BCUT2D eigenvalue weighted by atomic mass is 9.82. The van der Waals surface area contributed by atoms with Crippen molar-refractivity contribution in [1.82, 2.24) is 0 Å². The van der Waals surface area contributed by atoms with Gasteiger partial charge in [-0.15, -0.1) is 11.6 Å². The van der Waals surface area contributed by atoms with Gasteiger partial charge in [0.2, 0.25) is 0 Å². The van der Waals surface area contributed by atoms with Crippen LogP contribution in [0.25, 0.3) is 10.4 Å². The highest BCUT2D eigenvalue weighted by Gasteiger charge is 2.39. The van der Waals surface area contributed by atoms with Gasteiger partial charge < -0.3 is 0 Å². The van der Waals surface area contributed by atoms with Crippen molar-refractivity contribution in [2.75, 3.05) is 0 Å². The van der Waals surface area contributed by atoms with E-state index in [1.807, 2.05) is 91.0 Å². The van der Waals surface area contributed by atoms with Crippen LogP contribution in [-0.2, 0) is 11.3 Å². The highest BCUT2D eigenvalue weighted by Crippen LogP contribution is 2.46. The van der Waals surface area contributed by atoms with Crippen molar-refractivity contribution in [2.24, 2.45) is 5.11 Å². The van der Waals surface area contributed by atoms with Gasteiger partial charge in [0.05, 0.1) is 10.9 Å². The summed E-state index contributed by atoms with van der Waals surface area (Å²) < 4.78 is 0. The first kappa shape index (κ1) is 17.1. The van der Waals surface area contributed by atoms with E-state index >= 15 is 0 Å². The van der Waals surface area contributed by atoms with Crippen LogP contribution in [0.15, 0.2) is 96.1 Å². The largest absolute Gasteiger partial charge is 0.113 e. The molecule has 0 spiro atoms. The van der Waals surface area contributed by atoms with Crippen LogP contribution in [-0.4, -0.2) is 0 Å². The van der Waals surface area contributed by atoms with Crippen molar-refractivity contribution >= 4 is 11.6 Å². The number of azide groups is 1. The van der Waals surface area contributed by atoms with Crippen LogP contribution in [0.3, 0.4) is 0 Å². The second-order valence-corrected chi connectivity index (χ2v) is 6.58. The first-order chi connectivity index (χ1) is 12.2. The van der Waals surface area contributed by atoms with Gasteiger partial charge in [-0.1, -0.05) is 96.1 Å². The van der Waals surface area contributed by atoms with Crippen LogP contribution >= 0.6 is 11.6 Å². The van der Waals surface area contributed by atoms with Gasteiger partial charge in [-0.2, -0.15) is 0 Å². The molecule has 25 heavy (non-hydrogen) atoms. The zero-order chi connectivity index (χ0) is 17.5. The normalized spacial score (nSPS) is 14.1. The van der Waals surface area contributed by atoms with E-state index in [0.29, 0.717) is 6.42 Å². The zero-order valence-corrected chi connectivity index (χ0v) is 14.4. The van der Waals surface area contributed by atoms with E-state index in [9.17, 15) is 5.53 Å². The Balaban J connectivity index is 2.13. The van der Waals surface area contributed by atoms with Gasteiger partial charge in [0.1, 0.15) is 0 Å². The summed E-state index contributed by atoms with van der Waals surface area (Å²) in [5.74, 6) is 0. The molecule has 0 amide bonds. The van der Waals surface area contributed by atoms with Gasteiger partial charge in [-0.05, 0) is 28.6 Å². The molecule has 0 bridgehead atoms. The van der Waals surface area contributed by atoms with Crippen LogP contribution in [0.5, 0.6) is 0 Å². The molecule has 124 valence electrons. The van der Waals surface area contributed by atoms with Crippen LogP contribution in [0.1, 0.15) is 22.7 Å². The van der Waals surface area contributed by atoms with Gasteiger partial charge in [0.25, 0.3) is 0 Å². The molecule has 0 aliphatic rings. The van der Waals surface area contributed by atoms with Gasteiger partial charge in [0, 0.05) is 4.91 Å². The Morgan fingerprint density at radius 1 is 0.840 bits per heavy atom. The van der Waals surface area contributed by atoms with Crippen molar-refractivity contribution < 1.29 is 0 Å². The molecule has 3 nitrogen and oxygen atoms in total. The molecule has 0 radical (unpaired) electrons. The van der Waals surface area contributed by atoms with Gasteiger partial charge in [-0.25, -0.2) is 0 Å². The van der Waals surface area contributed by atoms with Crippen LogP contribution < -0.4 is 0 Å². The third-order valence-electron chi connectivity index (χ3n) is 4.27.